The lowest BCUT2D eigenvalue weighted by Crippen LogP contribution is -2.17. The van der Waals surface area contributed by atoms with E-state index < -0.39 is 0 Å². The van der Waals surface area contributed by atoms with Crippen LogP contribution in [0.2, 0.25) is 5.02 Å². The standard InChI is InChI=1S/C26H21ClN4O2S/c1-2-14-33-23-5-3-4-18(15-23)16-28-31-25(32)20-8-6-19(7-9-20)24-17-34-26(30-24)29-22-12-10-21(27)11-13-22/h2-13,15-17H,1,14H2,(H,29,30)(H,31,32)/b28-16-. The first-order valence-corrected chi connectivity index (χ1v) is 11.6. The number of carbonyl (C=O) groups excluding carboxylic acids is 1. The molecule has 0 radical (unpaired) electrons. The van der Waals surface area contributed by atoms with Gasteiger partial charge in [0.1, 0.15) is 12.4 Å². The van der Waals surface area contributed by atoms with Crippen LogP contribution >= 0.6 is 22.9 Å². The second-order valence-electron chi connectivity index (χ2n) is 7.12. The van der Waals surface area contributed by atoms with E-state index in [1.165, 1.54) is 11.3 Å². The third kappa shape index (κ3) is 6.31. The first kappa shape index (κ1) is 23.2. The smallest absolute Gasteiger partial charge is 0.271 e. The van der Waals surface area contributed by atoms with Gasteiger partial charge in [0.25, 0.3) is 5.91 Å². The second-order valence-corrected chi connectivity index (χ2v) is 8.41. The van der Waals surface area contributed by atoms with E-state index in [0.717, 1.165) is 27.6 Å². The molecule has 0 bridgehead atoms. The van der Waals surface area contributed by atoms with Gasteiger partial charge in [-0.2, -0.15) is 5.10 Å². The summed E-state index contributed by atoms with van der Waals surface area (Å²) in [5, 5.41) is 10.7. The lowest BCUT2D eigenvalue weighted by molar-refractivity contribution is 0.0955. The van der Waals surface area contributed by atoms with Gasteiger partial charge in [0, 0.05) is 27.2 Å². The Kier molecular flexibility index (Phi) is 7.70. The molecular weight excluding hydrogens is 468 g/mol. The first-order chi connectivity index (χ1) is 16.6. The van der Waals surface area contributed by atoms with Crippen molar-refractivity contribution in [3.63, 3.8) is 0 Å². The summed E-state index contributed by atoms with van der Waals surface area (Å²) in [6.07, 6.45) is 3.25. The maximum atomic E-state index is 12.4. The van der Waals surface area contributed by atoms with Crippen LogP contribution in [0, 0.1) is 0 Å². The highest BCUT2D eigenvalue weighted by Gasteiger charge is 2.08. The van der Waals surface area contributed by atoms with E-state index >= 15 is 0 Å². The fourth-order valence-corrected chi connectivity index (χ4v) is 3.85. The first-order valence-electron chi connectivity index (χ1n) is 10.4. The predicted molar refractivity (Wildman–Crippen MR) is 139 cm³/mol. The maximum Gasteiger partial charge on any atom is 0.271 e. The number of thiazole rings is 1. The van der Waals surface area contributed by atoms with E-state index in [2.05, 4.69) is 27.4 Å². The van der Waals surface area contributed by atoms with E-state index in [-0.39, 0.29) is 5.91 Å². The summed E-state index contributed by atoms with van der Waals surface area (Å²) in [4.78, 5) is 17.0. The summed E-state index contributed by atoms with van der Waals surface area (Å²) in [7, 11) is 0. The van der Waals surface area contributed by atoms with Crippen LogP contribution in [-0.4, -0.2) is 23.7 Å². The highest BCUT2D eigenvalue weighted by Crippen LogP contribution is 2.27. The minimum atomic E-state index is -0.301. The Bertz CT molecular complexity index is 1300. The normalized spacial score (nSPS) is 10.7. The van der Waals surface area contributed by atoms with Crippen LogP contribution in [0.5, 0.6) is 5.75 Å². The molecule has 4 rings (SSSR count). The molecule has 4 aromatic rings. The molecule has 0 saturated carbocycles. The Morgan fingerprint density at radius 3 is 2.68 bits per heavy atom. The summed E-state index contributed by atoms with van der Waals surface area (Å²) in [6.45, 7) is 4.05. The highest BCUT2D eigenvalue weighted by molar-refractivity contribution is 7.14. The van der Waals surface area contributed by atoms with Crippen molar-refractivity contribution in [2.45, 2.75) is 0 Å². The lowest BCUT2D eigenvalue weighted by Gasteiger charge is -2.04. The molecule has 0 aliphatic rings. The Balaban J connectivity index is 1.35. The van der Waals surface area contributed by atoms with Crippen LogP contribution in [0.4, 0.5) is 10.8 Å². The van der Waals surface area contributed by atoms with Crippen LogP contribution in [0.15, 0.2) is 95.9 Å². The maximum absolute atomic E-state index is 12.4. The minimum Gasteiger partial charge on any atom is -0.490 e. The van der Waals surface area contributed by atoms with Gasteiger partial charge in [-0.25, -0.2) is 10.4 Å². The molecule has 3 aromatic carbocycles. The summed E-state index contributed by atoms with van der Waals surface area (Å²) >= 11 is 7.43. The third-order valence-electron chi connectivity index (χ3n) is 4.65. The van der Waals surface area contributed by atoms with Crippen molar-refractivity contribution in [3.8, 4) is 17.0 Å². The number of ether oxygens (including phenoxy) is 1. The second kappa shape index (κ2) is 11.3. The molecule has 0 aliphatic carbocycles. The fourth-order valence-electron chi connectivity index (χ4n) is 2.98. The van der Waals surface area contributed by atoms with Crippen LogP contribution < -0.4 is 15.5 Å². The quantitative estimate of drug-likeness (QED) is 0.159. The summed E-state index contributed by atoms with van der Waals surface area (Å²) in [5.74, 6) is 0.407. The topological polar surface area (TPSA) is 75.6 Å². The largest absolute Gasteiger partial charge is 0.490 e. The number of carbonyl (C=O) groups is 1. The predicted octanol–water partition coefficient (Wildman–Crippen LogP) is 6.54. The summed E-state index contributed by atoms with van der Waals surface area (Å²) in [6, 6.07) is 22.1. The third-order valence-corrected chi connectivity index (χ3v) is 5.66. The minimum absolute atomic E-state index is 0.301. The number of aromatic nitrogens is 1. The van der Waals surface area contributed by atoms with Gasteiger partial charge in [-0.15, -0.1) is 11.3 Å². The molecule has 0 unspecified atom stereocenters. The molecule has 0 spiro atoms. The molecule has 1 amide bonds. The summed E-state index contributed by atoms with van der Waals surface area (Å²) in [5.41, 5.74) is 6.50. The lowest BCUT2D eigenvalue weighted by atomic mass is 10.1. The van der Waals surface area contributed by atoms with Gasteiger partial charge in [0.15, 0.2) is 5.13 Å². The molecule has 0 fully saturated rings. The Hall–Kier alpha value is -3.94. The Morgan fingerprint density at radius 2 is 1.91 bits per heavy atom. The van der Waals surface area contributed by atoms with Gasteiger partial charge in [0.05, 0.1) is 11.9 Å². The SMILES string of the molecule is C=CCOc1cccc(/C=N\NC(=O)c2ccc(-c3csc(Nc4ccc(Cl)cc4)n3)cc2)c1. The molecule has 2 N–H and O–H groups in total. The van der Waals surface area contributed by atoms with Gasteiger partial charge >= 0.3 is 0 Å². The number of hydrogen-bond acceptors (Lipinski definition) is 6. The molecule has 0 aliphatic heterocycles. The highest BCUT2D eigenvalue weighted by atomic mass is 35.5. The van der Waals surface area contributed by atoms with Crippen LogP contribution in [-0.2, 0) is 0 Å². The molecule has 1 heterocycles. The van der Waals surface area contributed by atoms with E-state index in [1.807, 2.05) is 66.0 Å². The van der Waals surface area contributed by atoms with Gasteiger partial charge in [0.2, 0.25) is 0 Å². The number of anilines is 2. The molecule has 1 aromatic heterocycles. The number of benzene rings is 3. The van der Waals surface area contributed by atoms with Gasteiger partial charge in [-0.3, -0.25) is 4.79 Å². The van der Waals surface area contributed by atoms with Crippen molar-refractivity contribution >= 4 is 45.9 Å². The molecule has 34 heavy (non-hydrogen) atoms. The number of hydrogen-bond donors (Lipinski definition) is 2. The zero-order valence-corrected chi connectivity index (χ0v) is 19.6. The molecule has 0 saturated heterocycles. The Morgan fingerprint density at radius 1 is 1.12 bits per heavy atom. The number of rotatable bonds is 9. The fraction of sp³-hybridized carbons (Fsp3) is 0.0385. The zero-order chi connectivity index (χ0) is 23.8. The van der Waals surface area contributed by atoms with Crippen molar-refractivity contribution in [3.05, 3.63) is 107 Å². The van der Waals surface area contributed by atoms with E-state index in [0.29, 0.717) is 22.9 Å². The summed E-state index contributed by atoms with van der Waals surface area (Å²) < 4.78 is 5.50. The van der Waals surface area contributed by atoms with Crippen LogP contribution in [0.25, 0.3) is 11.3 Å². The molecular formula is C26H21ClN4O2S. The van der Waals surface area contributed by atoms with Crippen molar-refractivity contribution in [1.29, 1.82) is 0 Å². The molecule has 0 atom stereocenters. The average Bonchev–Trinajstić information content (AvgIpc) is 3.33. The molecule has 8 heteroatoms. The van der Waals surface area contributed by atoms with Crippen LogP contribution in [0.1, 0.15) is 15.9 Å². The van der Waals surface area contributed by atoms with E-state index in [4.69, 9.17) is 16.3 Å². The molecule has 6 nitrogen and oxygen atoms in total. The van der Waals surface area contributed by atoms with Gasteiger partial charge in [-0.1, -0.05) is 48.5 Å². The van der Waals surface area contributed by atoms with Crippen LogP contribution in [0.3, 0.4) is 0 Å². The average molecular weight is 489 g/mol. The number of nitrogens with zero attached hydrogens (tertiary/aromatic N) is 2. The number of amides is 1. The van der Waals surface area contributed by atoms with Crippen molar-refractivity contribution in [1.82, 2.24) is 10.4 Å². The van der Waals surface area contributed by atoms with E-state index in [9.17, 15) is 4.79 Å². The van der Waals surface area contributed by atoms with Crippen molar-refractivity contribution in [2.24, 2.45) is 5.10 Å². The van der Waals surface area contributed by atoms with Gasteiger partial charge < -0.3 is 10.1 Å². The monoisotopic (exact) mass is 488 g/mol. The number of nitrogens with one attached hydrogen (secondary N) is 2. The van der Waals surface area contributed by atoms with Gasteiger partial charge in [-0.05, 0) is 54.1 Å². The number of halogens is 1. The van der Waals surface area contributed by atoms with Crippen molar-refractivity contribution in [2.75, 3.05) is 11.9 Å². The van der Waals surface area contributed by atoms with E-state index in [1.54, 1.807) is 24.4 Å². The number of hydrazone groups is 1. The molecule has 170 valence electrons. The van der Waals surface area contributed by atoms with Crippen molar-refractivity contribution < 1.29 is 9.53 Å². The Labute approximate surface area is 206 Å². The zero-order valence-electron chi connectivity index (χ0n) is 18.1.